The first kappa shape index (κ1) is 13.7. The second-order valence-corrected chi connectivity index (χ2v) is 6.21. The van der Waals surface area contributed by atoms with Gasteiger partial charge in [-0.3, -0.25) is 9.59 Å². The second kappa shape index (κ2) is 4.65. The Labute approximate surface area is 123 Å². The van der Waals surface area contributed by atoms with Crippen molar-refractivity contribution in [1.82, 2.24) is 0 Å². The van der Waals surface area contributed by atoms with Gasteiger partial charge in [0.25, 0.3) is 0 Å². The summed E-state index contributed by atoms with van der Waals surface area (Å²) in [5, 5.41) is 2.84. The fourth-order valence-electron chi connectivity index (χ4n) is 3.07. The first-order valence-electron chi connectivity index (χ1n) is 7.16. The number of hydrogen-bond donors (Lipinski definition) is 3. The van der Waals surface area contributed by atoms with Crippen molar-refractivity contribution in [3.8, 4) is 0 Å². The molecule has 6 nitrogen and oxygen atoms in total. The number of fused-ring (bicyclic) bond motifs is 1. The average Bonchev–Trinajstić information content (AvgIpc) is 2.82. The third kappa shape index (κ3) is 2.30. The van der Waals surface area contributed by atoms with Gasteiger partial charge in [-0.2, -0.15) is 0 Å². The first-order chi connectivity index (χ1) is 9.89. The van der Waals surface area contributed by atoms with E-state index in [1.165, 1.54) is 0 Å². The van der Waals surface area contributed by atoms with Crippen LogP contribution in [-0.2, 0) is 16.0 Å². The molecule has 0 aliphatic carbocycles. The zero-order valence-electron chi connectivity index (χ0n) is 12.1. The van der Waals surface area contributed by atoms with Gasteiger partial charge in [-0.15, -0.1) is 0 Å². The van der Waals surface area contributed by atoms with E-state index in [1.807, 2.05) is 19.1 Å². The highest BCUT2D eigenvalue weighted by Crippen LogP contribution is 2.38. The minimum atomic E-state index is -0.503. The monoisotopic (exact) mass is 288 g/mol. The van der Waals surface area contributed by atoms with Crippen LogP contribution < -0.4 is 21.7 Å². The maximum Gasteiger partial charge on any atom is 0.225 e. The summed E-state index contributed by atoms with van der Waals surface area (Å²) in [6, 6.07) is 3.83. The number of primary amides is 1. The number of nitrogen functional groups attached to an aromatic ring is 1. The summed E-state index contributed by atoms with van der Waals surface area (Å²) in [6.07, 6.45) is 1.94. The molecular formula is C15H20N4O2. The number of amides is 2. The molecule has 2 aliphatic rings. The lowest BCUT2D eigenvalue weighted by atomic mass is 9.89. The fraction of sp³-hybridized carbons (Fsp3) is 0.467. The van der Waals surface area contributed by atoms with Crippen LogP contribution in [0.15, 0.2) is 12.1 Å². The minimum absolute atomic E-state index is 0.0251. The molecule has 0 bridgehead atoms. The Balaban J connectivity index is 1.90. The first-order valence-corrected chi connectivity index (χ1v) is 7.16. The molecule has 2 aliphatic heterocycles. The van der Waals surface area contributed by atoms with Crippen LogP contribution >= 0.6 is 0 Å². The van der Waals surface area contributed by atoms with Crippen LogP contribution in [0.2, 0.25) is 0 Å². The van der Waals surface area contributed by atoms with E-state index in [2.05, 4.69) is 10.2 Å². The highest BCUT2D eigenvalue weighted by atomic mass is 16.2. The van der Waals surface area contributed by atoms with Gasteiger partial charge < -0.3 is 21.7 Å². The van der Waals surface area contributed by atoms with Gasteiger partial charge in [0.1, 0.15) is 0 Å². The van der Waals surface area contributed by atoms with Crippen molar-refractivity contribution in [3.05, 3.63) is 17.7 Å². The van der Waals surface area contributed by atoms with Crippen molar-refractivity contribution < 1.29 is 9.59 Å². The lowest BCUT2D eigenvalue weighted by Crippen LogP contribution is -2.37. The summed E-state index contributed by atoms with van der Waals surface area (Å²) in [5.74, 6) is -0.245. The Morgan fingerprint density at radius 1 is 1.38 bits per heavy atom. The molecule has 2 heterocycles. The van der Waals surface area contributed by atoms with Crippen LogP contribution in [0.25, 0.3) is 0 Å². The van der Waals surface area contributed by atoms with E-state index in [-0.39, 0.29) is 11.8 Å². The number of hydrogen-bond acceptors (Lipinski definition) is 4. The van der Waals surface area contributed by atoms with Crippen molar-refractivity contribution in [1.29, 1.82) is 0 Å². The number of rotatable bonds is 2. The molecule has 112 valence electrons. The van der Waals surface area contributed by atoms with E-state index in [0.29, 0.717) is 18.7 Å². The van der Waals surface area contributed by atoms with Gasteiger partial charge in [-0.25, -0.2) is 0 Å². The summed E-state index contributed by atoms with van der Waals surface area (Å²) < 4.78 is 0. The van der Waals surface area contributed by atoms with Gasteiger partial charge in [0, 0.05) is 25.2 Å². The van der Waals surface area contributed by atoms with Gasteiger partial charge in [-0.05, 0) is 37.5 Å². The van der Waals surface area contributed by atoms with Crippen molar-refractivity contribution in [2.45, 2.75) is 26.2 Å². The molecule has 1 saturated heterocycles. The van der Waals surface area contributed by atoms with Crippen LogP contribution in [0.1, 0.15) is 25.3 Å². The molecule has 6 heteroatoms. The molecule has 5 N–H and O–H groups in total. The van der Waals surface area contributed by atoms with Crippen molar-refractivity contribution in [2.24, 2.45) is 11.1 Å². The quantitative estimate of drug-likeness (QED) is 0.702. The zero-order valence-corrected chi connectivity index (χ0v) is 12.1. The molecule has 1 atom stereocenters. The van der Waals surface area contributed by atoms with Gasteiger partial charge >= 0.3 is 0 Å². The third-order valence-electron chi connectivity index (χ3n) is 4.56. The van der Waals surface area contributed by atoms with E-state index < -0.39 is 5.41 Å². The van der Waals surface area contributed by atoms with E-state index in [1.54, 1.807) is 0 Å². The molecule has 0 saturated carbocycles. The molecule has 0 aromatic heterocycles. The lowest BCUT2D eigenvalue weighted by molar-refractivity contribution is -0.125. The predicted octanol–water partition coefficient (Wildman–Crippen LogP) is 0.855. The molecule has 2 amide bonds. The Kier molecular flexibility index (Phi) is 3.04. The summed E-state index contributed by atoms with van der Waals surface area (Å²) in [7, 11) is 0. The molecule has 1 aromatic rings. The van der Waals surface area contributed by atoms with Gasteiger partial charge in [0.05, 0.1) is 16.8 Å². The Morgan fingerprint density at radius 2 is 2.14 bits per heavy atom. The van der Waals surface area contributed by atoms with Gasteiger partial charge in [-0.1, -0.05) is 0 Å². The molecule has 1 aromatic carbocycles. The zero-order chi connectivity index (χ0) is 15.2. The lowest BCUT2D eigenvalue weighted by Gasteiger charge is -2.26. The summed E-state index contributed by atoms with van der Waals surface area (Å²) in [6.45, 7) is 3.23. The van der Waals surface area contributed by atoms with Crippen LogP contribution in [0.3, 0.4) is 0 Å². The number of carbonyl (C=O) groups excluding carboxylic acids is 2. The minimum Gasteiger partial charge on any atom is -0.397 e. The van der Waals surface area contributed by atoms with E-state index >= 15 is 0 Å². The molecule has 21 heavy (non-hydrogen) atoms. The molecule has 0 radical (unpaired) electrons. The standard InChI is InChI=1S/C15H20N4O2/c1-15(14(17)21)4-5-19(8-15)12-6-9-2-3-13(20)18-11(9)7-10(12)16/h6-7H,2-5,8,16H2,1H3,(H2,17,21)(H,18,20). The number of anilines is 3. The number of benzene rings is 1. The summed E-state index contributed by atoms with van der Waals surface area (Å²) in [5.41, 5.74) is 14.5. The number of aryl methyl sites for hydroxylation is 1. The van der Waals surface area contributed by atoms with Crippen LogP contribution in [0.5, 0.6) is 0 Å². The second-order valence-electron chi connectivity index (χ2n) is 6.21. The summed E-state index contributed by atoms with van der Waals surface area (Å²) in [4.78, 5) is 25.1. The average molecular weight is 288 g/mol. The van der Waals surface area contributed by atoms with Crippen molar-refractivity contribution in [2.75, 3.05) is 29.0 Å². The molecule has 1 fully saturated rings. The van der Waals surface area contributed by atoms with Crippen molar-refractivity contribution in [3.63, 3.8) is 0 Å². The Hall–Kier alpha value is -2.24. The molecular weight excluding hydrogens is 268 g/mol. The highest BCUT2D eigenvalue weighted by molar-refractivity contribution is 5.95. The molecule has 1 unspecified atom stereocenters. The van der Waals surface area contributed by atoms with Crippen LogP contribution in [0, 0.1) is 5.41 Å². The number of nitrogens with two attached hydrogens (primary N) is 2. The third-order valence-corrected chi connectivity index (χ3v) is 4.56. The van der Waals surface area contributed by atoms with E-state index in [4.69, 9.17) is 11.5 Å². The fourth-order valence-corrected chi connectivity index (χ4v) is 3.07. The summed E-state index contributed by atoms with van der Waals surface area (Å²) >= 11 is 0. The number of nitrogens with zero attached hydrogens (tertiary/aromatic N) is 1. The normalized spacial score (nSPS) is 24.6. The number of nitrogens with one attached hydrogen (secondary N) is 1. The van der Waals surface area contributed by atoms with Crippen LogP contribution in [0.4, 0.5) is 17.1 Å². The molecule has 0 spiro atoms. The molecule has 3 rings (SSSR count). The largest absolute Gasteiger partial charge is 0.397 e. The maximum absolute atomic E-state index is 11.6. The number of carbonyl (C=O) groups is 2. The SMILES string of the molecule is CC1(C(N)=O)CCN(c2cc3c(cc2N)NC(=O)CC3)C1. The van der Waals surface area contributed by atoms with Gasteiger partial charge in [0.2, 0.25) is 11.8 Å². The van der Waals surface area contributed by atoms with Gasteiger partial charge in [0.15, 0.2) is 0 Å². The Morgan fingerprint density at radius 3 is 2.81 bits per heavy atom. The van der Waals surface area contributed by atoms with Crippen molar-refractivity contribution >= 4 is 28.9 Å². The topological polar surface area (TPSA) is 101 Å². The Bertz CT molecular complexity index is 628. The van der Waals surface area contributed by atoms with E-state index in [9.17, 15) is 9.59 Å². The van der Waals surface area contributed by atoms with Crippen LogP contribution in [-0.4, -0.2) is 24.9 Å². The van der Waals surface area contributed by atoms with E-state index in [0.717, 1.165) is 36.3 Å². The maximum atomic E-state index is 11.6. The smallest absolute Gasteiger partial charge is 0.225 e. The predicted molar refractivity (Wildman–Crippen MR) is 81.9 cm³/mol. The highest BCUT2D eigenvalue weighted by Gasteiger charge is 2.39.